The standard InChI is InChI=1S/C20H22N6S/c1-4-26(5-2)17-10-11-18(14(3)12-17)22-20-23-19(13-27-20)15-6-8-16(9-7-15)24-25-21/h6-13H,4-5H2,1-3H3,(H,22,23). The molecule has 0 saturated carbocycles. The molecule has 1 heterocycles. The number of rotatable bonds is 7. The molecule has 1 N–H and O–H groups in total. The van der Waals surface area contributed by atoms with Crippen molar-refractivity contribution in [2.45, 2.75) is 20.8 Å². The van der Waals surface area contributed by atoms with Crippen LogP contribution in [0.2, 0.25) is 0 Å². The quantitative estimate of drug-likeness (QED) is 0.284. The van der Waals surface area contributed by atoms with Gasteiger partial charge in [-0.15, -0.1) is 11.3 Å². The van der Waals surface area contributed by atoms with Gasteiger partial charge in [0.1, 0.15) is 0 Å². The summed E-state index contributed by atoms with van der Waals surface area (Å²) < 4.78 is 0. The minimum Gasteiger partial charge on any atom is -0.372 e. The predicted molar refractivity (Wildman–Crippen MR) is 114 cm³/mol. The van der Waals surface area contributed by atoms with E-state index < -0.39 is 0 Å². The van der Waals surface area contributed by atoms with Crippen LogP contribution in [0, 0.1) is 6.92 Å². The molecule has 138 valence electrons. The topological polar surface area (TPSA) is 76.9 Å². The number of hydrogen-bond donors (Lipinski definition) is 1. The normalized spacial score (nSPS) is 10.3. The smallest absolute Gasteiger partial charge is 0.187 e. The first-order valence-electron chi connectivity index (χ1n) is 8.88. The van der Waals surface area contributed by atoms with Gasteiger partial charge in [0.25, 0.3) is 0 Å². The third-order valence-corrected chi connectivity index (χ3v) is 5.17. The Hall–Kier alpha value is -3.02. The summed E-state index contributed by atoms with van der Waals surface area (Å²) in [5.41, 5.74) is 14.5. The molecule has 0 aliphatic carbocycles. The second-order valence-electron chi connectivity index (χ2n) is 6.07. The van der Waals surface area contributed by atoms with Crippen molar-refractivity contribution in [1.29, 1.82) is 0 Å². The Morgan fingerprint density at radius 3 is 2.52 bits per heavy atom. The number of nitrogens with zero attached hydrogens (tertiary/aromatic N) is 5. The first-order valence-corrected chi connectivity index (χ1v) is 9.76. The molecule has 6 nitrogen and oxygen atoms in total. The molecule has 1 aromatic heterocycles. The van der Waals surface area contributed by atoms with Gasteiger partial charge in [-0.3, -0.25) is 0 Å². The SMILES string of the molecule is CCN(CC)c1ccc(Nc2nc(-c3ccc(N=[N+]=[N-])cc3)cs2)c(C)c1. The lowest BCUT2D eigenvalue weighted by Gasteiger charge is -2.22. The first-order chi connectivity index (χ1) is 13.1. The molecule has 0 aliphatic rings. The number of azide groups is 1. The maximum Gasteiger partial charge on any atom is 0.187 e. The lowest BCUT2D eigenvalue weighted by molar-refractivity contribution is 0.866. The number of benzene rings is 2. The van der Waals surface area contributed by atoms with E-state index in [-0.39, 0.29) is 0 Å². The Morgan fingerprint density at radius 1 is 1.15 bits per heavy atom. The van der Waals surface area contributed by atoms with Gasteiger partial charge in [-0.2, -0.15) is 0 Å². The van der Waals surface area contributed by atoms with Gasteiger partial charge < -0.3 is 10.2 Å². The van der Waals surface area contributed by atoms with Crippen molar-refractivity contribution in [3.8, 4) is 11.3 Å². The summed E-state index contributed by atoms with van der Waals surface area (Å²) >= 11 is 1.57. The van der Waals surface area contributed by atoms with Crippen LogP contribution >= 0.6 is 11.3 Å². The number of thiazole rings is 1. The molecule has 0 unspecified atom stereocenters. The van der Waals surface area contributed by atoms with Gasteiger partial charge in [0.2, 0.25) is 0 Å². The number of aryl methyl sites for hydroxylation is 1. The van der Waals surface area contributed by atoms with Crippen LogP contribution in [0.4, 0.5) is 22.2 Å². The van der Waals surface area contributed by atoms with Crippen molar-refractivity contribution in [3.63, 3.8) is 0 Å². The molecule has 0 aliphatic heterocycles. The highest BCUT2D eigenvalue weighted by atomic mass is 32.1. The second kappa shape index (κ2) is 8.58. The van der Waals surface area contributed by atoms with E-state index in [9.17, 15) is 0 Å². The summed E-state index contributed by atoms with van der Waals surface area (Å²) in [6.45, 7) is 8.44. The van der Waals surface area contributed by atoms with Crippen LogP contribution in [0.25, 0.3) is 21.7 Å². The molecule has 3 rings (SSSR count). The van der Waals surface area contributed by atoms with Crippen molar-refractivity contribution >= 4 is 33.5 Å². The third-order valence-electron chi connectivity index (χ3n) is 4.41. The van der Waals surface area contributed by atoms with E-state index in [0.29, 0.717) is 5.69 Å². The van der Waals surface area contributed by atoms with Crippen molar-refractivity contribution in [2.75, 3.05) is 23.3 Å². The van der Waals surface area contributed by atoms with Crippen molar-refractivity contribution in [2.24, 2.45) is 5.11 Å². The average Bonchev–Trinajstić information content (AvgIpc) is 3.14. The Kier molecular flexibility index (Phi) is 5.96. The average molecular weight is 379 g/mol. The fourth-order valence-electron chi connectivity index (χ4n) is 2.90. The van der Waals surface area contributed by atoms with E-state index in [1.54, 1.807) is 23.5 Å². The summed E-state index contributed by atoms with van der Waals surface area (Å²) in [5, 5.41) is 9.88. The Morgan fingerprint density at radius 2 is 1.89 bits per heavy atom. The van der Waals surface area contributed by atoms with Gasteiger partial charge in [-0.1, -0.05) is 29.4 Å². The van der Waals surface area contributed by atoms with E-state index in [2.05, 4.69) is 64.2 Å². The Balaban J connectivity index is 1.76. The minimum absolute atomic E-state index is 0.596. The highest BCUT2D eigenvalue weighted by molar-refractivity contribution is 7.14. The zero-order chi connectivity index (χ0) is 19.2. The fraction of sp³-hybridized carbons (Fsp3) is 0.250. The molecule has 0 spiro atoms. The van der Waals surface area contributed by atoms with Crippen LogP contribution in [-0.2, 0) is 0 Å². The Labute approximate surface area is 163 Å². The van der Waals surface area contributed by atoms with E-state index in [1.165, 1.54) is 11.3 Å². The highest BCUT2D eigenvalue weighted by Gasteiger charge is 2.08. The van der Waals surface area contributed by atoms with Crippen LogP contribution in [0.3, 0.4) is 0 Å². The molecule has 0 bridgehead atoms. The van der Waals surface area contributed by atoms with Crippen molar-refractivity contribution in [1.82, 2.24) is 4.98 Å². The van der Waals surface area contributed by atoms with Crippen LogP contribution in [0.15, 0.2) is 53.0 Å². The fourth-order valence-corrected chi connectivity index (χ4v) is 3.63. The molecule has 0 radical (unpaired) electrons. The predicted octanol–water partition coefficient (Wildman–Crippen LogP) is 6.65. The molecule has 3 aromatic rings. The summed E-state index contributed by atoms with van der Waals surface area (Å²) in [7, 11) is 0. The molecule has 0 saturated heterocycles. The van der Waals surface area contributed by atoms with Gasteiger partial charge in [-0.25, -0.2) is 4.98 Å². The lowest BCUT2D eigenvalue weighted by atomic mass is 10.1. The maximum atomic E-state index is 8.48. The number of anilines is 3. The van der Waals surface area contributed by atoms with Crippen molar-refractivity contribution in [3.05, 3.63) is 63.9 Å². The second-order valence-corrected chi connectivity index (χ2v) is 6.93. The van der Waals surface area contributed by atoms with Crippen LogP contribution in [0.5, 0.6) is 0 Å². The molecular formula is C20H22N6S. The molecule has 7 heteroatoms. The molecular weight excluding hydrogens is 356 g/mol. The van der Waals surface area contributed by atoms with Gasteiger partial charge in [0.05, 0.1) is 5.69 Å². The molecule has 2 aromatic carbocycles. The van der Waals surface area contributed by atoms with Crippen LogP contribution < -0.4 is 10.2 Å². The van der Waals surface area contributed by atoms with E-state index in [1.807, 2.05) is 17.5 Å². The summed E-state index contributed by atoms with van der Waals surface area (Å²) in [5.74, 6) is 0. The van der Waals surface area contributed by atoms with E-state index in [0.717, 1.165) is 35.2 Å². The maximum absolute atomic E-state index is 8.48. The number of nitrogens with one attached hydrogen (secondary N) is 1. The lowest BCUT2D eigenvalue weighted by Crippen LogP contribution is -2.21. The molecule has 0 fully saturated rings. The van der Waals surface area contributed by atoms with Crippen LogP contribution in [0.1, 0.15) is 19.4 Å². The third kappa shape index (κ3) is 4.39. The zero-order valence-electron chi connectivity index (χ0n) is 15.7. The molecule has 0 amide bonds. The highest BCUT2D eigenvalue weighted by Crippen LogP contribution is 2.30. The Bertz CT molecular complexity index is 953. The van der Waals surface area contributed by atoms with E-state index in [4.69, 9.17) is 5.53 Å². The zero-order valence-corrected chi connectivity index (χ0v) is 16.5. The van der Waals surface area contributed by atoms with Gasteiger partial charge in [0, 0.05) is 46.0 Å². The van der Waals surface area contributed by atoms with Crippen molar-refractivity contribution < 1.29 is 0 Å². The van der Waals surface area contributed by atoms with Gasteiger partial charge in [0.15, 0.2) is 5.13 Å². The number of hydrogen-bond acceptors (Lipinski definition) is 5. The monoisotopic (exact) mass is 378 g/mol. The summed E-state index contributed by atoms with van der Waals surface area (Å²) in [6, 6.07) is 13.9. The summed E-state index contributed by atoms with van der Waals surface area (Å²) in [6.07, 6.45) is 0. The van der Waals surface area contributed by atoms with E-state index >= 15 is 0 Å². The number of aromatic nitrogens is 1. The van der Waals surface area contributed by atoms with Gasteiger partial charge >= 0.3 is 0 Å². The van der Waals surface area contributed by atoms with Crippen LogP contribution in [-0.4, -0.2) is 18.1 Å². The molecule has 0 atom stereocenters. The summed E-state index contributed by atoms with van der Waals surface area (Å²) in [4.78, 5) is 9.80. The van der Waals surface area contributed by atoms with Gasteiger partial charge in [-0.05, 0) is 50.1 Å². The largest absolute Gasteiger partial charge is 0.372 e. The first kappa shape index (κ1) is 18.8. The molecule has 27 heavy (non-hydrogen) atoms. The minimum atomic E-state index is 0.596.